The number of carbonyl (C=O) groups excluding carboxylic acids is 2. The predicted molar refractivity (Wildman–Crippen MR) is 153 cm³/mol. The molecule has 5 nitrogen and oxygen atoms in total. The molecular formula is C32H41N3O2. The van der Waals surface area contributed by atoms with Crippen LogP contribution < -0.4 is 10.6 Å². The van der Waals surface area contributed by atoms with Gasteiger partial charge in [0, 0.05) is 23.7 Å². The lowest BCUT2D eigenvalue weighted by atomic mass is 9.89. The van der Waals surface area contributed by atoms with Crippen molar-refractivity contribution in [3.63, 3.8) is 0 Å². The van der Waals surface area contributed by atoms with Gasteiger partial charge in [0.2, 0.25) is 5.91 Å². The Kier molecular flexibility index (Phi) is 9.72. The Morgan fingerprint density at radius 2 is 1.62 bits per heavy atom. The van der Waals surface area contributed by atoms with E-state index in [1.165, 1.54) is 31.2 Å². The molecular weight excluding hydrogens is 458 g/mol. The predicted octanol–water partition coefficient (Wildman–Crippen LogP) is 6.60. The largest absolute Gasteiger partial charge is 0.352 e. The number of nitrogens with zero attached hydrogens (tertiary/aromatic N) is 1. The quantitative estimate of drug-likeness (QED) is 0.292. The molecule has 37 heavy (non-hydrogen) atoms. The number of rotatable bonds is 11. The minimum atomic E-state index is -0.0129. The smallest absolute Gasteiger partial charge is 0.251 e. The first kappa shape index (κ1) is 26.9. The highest BCUT2D eigenvalue weighted by Gasteiger charge is 2.20. The maximum atomic E-state index is 12.5. The van der Waals surface area contributed by atoms with Crippen molar-refractivity contribution in [2.75, 3.05) is 31.5 Å². The summed E-state index contributed by atoms with van der Waals surface area (Å²) in [5, 5.41) is 8.36. The second kappa shape index (κ2) is 13.4. The first-order valence-corrected chi connectivity index (χ1v) is 13.9. The number of hydrogen-bond acceptors (Lipinski definition) is 3. The molecule has 2 N–H and O–H groups in total. The highest BCUT2D eigenvalue weighted by molar-refractivity contribution is 5.98. The molecule has 0 aliphatic carbocycles. The van der Waals surface area contributed by atoms with Gasteiger partial charge < -0.3 is 15.5 Å². The summed E-state index contributed by atoms with van der Waals surface area (Å²) in [7, 11) is 0. The Morgan fingerprint density at radius 3 is 2.41 bits per heavy atom. The monoisotopic (exact) mass is 499 g/mol. The van der Waals surface area contributed by atoms with Gasteiger partial charge in [-0.15, -0.1) is 0 Å². The lowest BCUT2D eigenvalue weighted by molar-refractivity contribution is -0.118. The number of likely N-dealkylation sites (tertiary alicyclic amines) is 1. The summed E-state index contributed by atoms with van der Waals surface area (Å²) in [4.78, 5) is 27.1. The first-order valence-electron chi connectivity index (χ1n) is 13.9. The van der Waals surface area contributed by atoms with E-state index in [1.54, 1.807) is 0 Å². The van der Waals surface area contributed by atoms with Gasteiger partial charge in [-0.2, -0.15) is 0 Å². The Balaban J connectivity index is 1.08. The van der Waals surface area contributed by atoms with Crippen molar-refractivity contribution in [2.45, 2.75) is 58.3 Å². The fourth-order valence-corrected chi connectivity index (χ4v) is 5.10. The molecule has 1 aliphatic rings. The van der Waals surface area contributed by atoms with E-state index in [2.05, 4.69) is 39.8 Å². The molecule has 1 aliphatic heterocycles. The molecule has 5 heteroatoms. The van der Waals surface area contributed by atoms with Gasteiger partial charge in [0.25, 0.3) is 5.91 Å². The summed E-state index contributed by atoms with van der Waals surface area (Å²) in [6.07, 6.45) is 6.91. The lowest BCUT2D eigenvalue weighted by Crippen LogP contribution is -2.33. The number of benzene rings is 3. The van der Waals surface area contributed by atoms with E-state index >= 15 is 0 Å². The fourth-order valence-electron chi connectivity index (χ4n) is 5.10. The van der Waals surface area contributed by atoms with Crippen LogP contribution in [0.15, 0.2) is 66.7 Å². The van der Waals surface area contributed by atoms with E-state index in [1.807, 2.05) is 56.3 Å². The number of fused-ring (bicyclic) bond motifs is 1. The van der Waals surface area contributed by atoms with Gasteiger partial charge in [0.15, 0.2) is 0 Å². The fraction of sp³-hybridized carbons (Fsp3) is 0.438. The summed E-state index contributed by atoms with van der Waals surface area (Å²) in [5.74, 6) is 0.639. The maximum Gasteiger partial charge on any atom is 0.251 e. The van der Waals surface area contributed by atoms with Crippen molar-refractivity contribution in [2.24, 2.45) is 5.92 Å². The average Bonchev–Trinajstić information content (AvgIpc) is 2.92. The third-order valence-corrected chi connectivity index (χ3v) is 7.44. The molecule has 0 saturated carbocycles. The van der Waals surface area contributed by atoms with Crippen LogP contribution in [0.2, 0.25) is 0 Å². The highest BCUT2D eigenvalue weighted by Crippen LogP contribution is 2.30. The molecule has 3 aromatic rings. The second-order valence-corrected chi connectivity index (χ2v) is 10.6. The molecule has 4 rings (SSSR count). The SMILES string of the molecule is CC(C)C(=O)Nc1cccc(C2CCN(CCCCCCNC(=O)c3ccc4ccccc4c3)CC2)c1. The molecule has 196 valence electrons. The van der Waals surface area contributed by atoms with Crippen molar-refractivity contribution >= 4 is 28.3 Å². The summed E-state index contributed by atoms with van der Waals surface area (Å²) in [5.41, 5.74) is 2.98. The van der Waals surface area contributed by atoms with E-state index in [0.717, 1.165) is 61.0 Å². The Hall–Kier alpha value is -3.18. The zero-order chi connectivity index (χ0) is 26.0. The molecule has 2 amide bonds. The van der Waals surface area contributed by atoms with Crippen molar-refractivity contribution in [3.05, 3.63) is 77.9 Å². The molecule has 1 saturated heterocycles. The van der Waals surface area contributed by atoms with Gasteiger partial charge in [0.05, 0.1) is 0 Å². The Morgan fingerprint density at radius 1 is 0.865 bits per heavy atom. The van der Waals surface area contributed by atoms with Crippen LogP contribution >= 0.6 is 0 Å². The topological polar surface area (TPSA) is 61.4 Å². The third-order valence-electron chi connectivity index (χ3n) is 7.44. The van der Waals surface area contributed by atoms with E-state index < -0.39 is 0 Å². The third kappa shape index (κ3) is 7.90. The molecule has 0 aromatic heterocycles. The standard InChI is InChI=1S/C32H41N3O2/c1-24(2)31(36)34-30-13-9-12-28(23-30)26-16-20-35(21-17-26)19-8-4-3-7-18-33-32(37)29-15-14-25-10-5-6-11-27(25)22-29/h5-6,9-15,22-24,26H,3-4,7-8,16-21H2,1-2H3,(H,33,37)(H,34,36). The Labute approximate surface area is 221 Å². The van der Waals surface area contributed by atoms with Crippen LogP contribution in [0, 0.1) is 5.92 Å². The van der Waals surface area contributed by atoms with Crippen LogP contribution in [-0.2, 0) is 4.79 Å². The Bertz CT molecular complexity index is 1180. The van der Waals surface area contributed by atoms with Crippen LogP contribution in [0.3, 0.4) is 0 Å². The van der Waals surface area contributed by atoms with Gasteiger partial charge in [0.1, 0.15) is 0 Å². The number of hydrogen-bond donors (Lipinski definition) is 2. The summed E-state index contributed by atoms with van der Waals surface area (Å²) in [6, 6.07) is 22.4. The molecule has 0 unspecified atom stereocenters. The molecule has 0 radical (unpaired) electrons. The second-order valence-electron chi connectivity index (χ2n) is 10.6. The zero-order valence-electron chi connectivity index (χ0n) is 22.3. The van der Waals surface area contributed by atoms with Crippen molar-refractivity contribution < 1.29 is 9.59 Å². The van der Waals surface area contributed by atoms with Gasteiger partial charge in [-0.05, 0) is 91.8 Å². The zero-order valence-corrected chi connectivity index (χ0v) is 22.3. The van der Waals surface area contributed by atoms with Crippen molar-refractivity contribution in [1.29, 1.82) is 0 Å². The minimum absolute atomic E-state index is 0.0129. The van der Waals surface area contributed by atoms with E-state index in [0.29, 0.717) is 5.92 Å². The van der Waals surface area contributed by atoms with Gasteiger partial charge >= 0.3 is 0 Å². The molecule has 1 fully saturated rings. The molecule has 3 aromatic carbocycles. The van der Waals surface area contributed by atoms with Crippen LogP contribution in [-0.4, -0.2) is 42.9 Å². The number of nitrogens with one attached hydrogen (secondary N) is 2. The van der Waals surface area contributed by atoms with Crippen LogP contribution in [0.4, 0.5) is 5.69 Å². The van der Waals surface area contributed by atoms with Crippen LogP contribution in [0.25, 0.3) is 10.8 Å². The highest BCUT2D eigenvalue weighted by atomic mass is 16.2. The van der Waals surface area contributed by atoms with Crippen LogP contribution in [0.5, 0.6) is 0 Å². The van der Waals surface area contributed by atoms with E-state index in [9.17, 15) is 9.59 Å². The van der Waals surface area contributed by atoms with Gasteiger partial charge in [-0.25, -0.2) is 0 Å². The number of piperidine rings is 1. The van der Waals surface area contributed by atoms with Gasteiger partial charge in [-0.3, -0.25) is 9.59 Å². The molecule has 1 heterocycles. The van der Waals surface area contributed by atoms with Gasteiger partial charge in [-0.1, -0.05) is 69.2 Å². The number of amides is 2. The number of unbranched alkanes of at least 4 members (excludes halogenated alkanes) is 3. The number of carbonyl (C=O) groups is 2. The normalized spacial score (nSPS) is 14.7. The average molecular weight is 500 g/mol. The number of anilines is 1. The molecule has 0 spiro atoms. The maximum absolute atomic E-state index is 12.5. The molecule has 0 atom stereocenters. The van der Waals surface area contributed by atoms with E-state index in [4.69, 9.17) is 0 Å². The summed E-state index contributed by atoms with van der Waals surface area (Å²) >= 11 is 0. The summed E-state index contributed by atoms with van der Waals surface area (Å²) < 4.78 is 0. The van der Waals surface area contributed by atoms with Crippen molar-refractivity contribution in [1.82, 2.24) is 10.2 Å². The summed E-state index contributed by atoms with van der Waals surface area (Å²) in [6.45, 7) is 7.98. The first-order chi connectivity index (χ1) is 18.0. The van der Waals surface area contributed by atoms with Crippen molar-refractivity contribution in [3.8, 4) is 0 Å². The minimum Gasteiger partial charge on any atom is -0.352 e. The van der Waals surface area contributed by atoms with Crippen LogP contribution in [0.1, 0.15) is 74.2 Å². The molecule has 0 bridgehead atoms. The lowest BCUT2D eigenvalue weighted by Gasteiger charge is -2.32. The van der Waals surface area contributed by atoms with E-state index in [-0.39, 0.29) is 17.7 Å².